The predicted octanol–water partition coefficient (Wildman–Crippen LogP) is 4.18. The van der Waals surface area contributed by atoms with Crippen LogP contribution in [0.2, 0.25) is 0 Å². The zero-order valence-corrected chi connectivity index (χ0v) is 12.4. The Kier molecular flexibility index (Phi) is 5.43. The maximum atomic E-state index is 5.87. The van der Waals surface area contributed by atoms with Crippen molar-refractivity contribution >= 4 is 11.3 Å². The minimum Gasteiger partial charge on any atom is -0.492 e. The van der Waals surface area contributed by atoms with E-state index in [4.69, 9.17) is 4.74 Å². The number of thiophene rings is 1. The maximum Gasteiger partial charge on any atom is 0.119 e. The number of nitrogens with one attached hydrogen (secondary N) is 1. The van der Waals surface area contributed by atoms with Gasteiger partial charge in [-0.15, -0.1) is 11.3 Å². The van der Waals surface area contributed by atoms with Crippen LogP contribution in [-0.4, -0.2) is 13.2 Å². The zero-order chi connectivity index (χ0) is 13.5. The fraction of sp³-hybridized carbons (Fsp3) is 0.375. The summed E-state index contributed by atoms with van der Waals surface area (Å²) in [6.45, 7) is 6.01. The predicted molar refractivity (Wildman–Crippen MR) is 82.0 cm³/mol. The first-order valence-electron chi connectivity index (χ1n) is 6.77. The zero-order valence-electron chi connectivity index (χ0n) is 11.6. The third-order valence-corrected chi connectivity index (χ3v) is 4.02. The van der Waals surface area contributed by atoms with Crippen molar-refractivity contribution in [1.82, 2.24) is 5.32 Å². The molecule has 3 heteroatoms. The summed E-state index contributed by atoms with van der Waals surface area (Å²) in [7, 11) is 0. The molecule has 0 saturated heterocycles. The van der Waals surface area contributed by atoms with E-state index < -0.39 is 0 Å². The molecule has 0 saturated carbocycles. The van der Waals surface area contributed by atoms with Crippen LogP contribution < -0.4 is 10.1 Å². The molecule has 2 nitrogen and oxygen atoms in total. The van der Waals surface area contributed by atoms with Gasteiger partial charge in [-0.1, -0.05) is 25.1 Å². The monoisotopic (exact) mass is 275 g/mol. The van der Waals surface area contributed by atoms with Crippen LogP contribution in [0, 0.1) is 6.92 Å². The van der Waals surface area contributed by atoms with Gasteiger partial charge in [0.1, 0.15) is 12.4 Å². The van der Waals surface area contributed by atoms with Crippen LogP contribution in [0.3, 0.4) is 0 Å². The van der Waals surface area contributed by atoms with Crippen molar-refractivity contribution in [2.45, 2.75) is 26.3 Å². The lowest BCUT2D eigenvalue weighted by Gasteiger charge is -2.18. The van der Waals surface area contributed by atoms with Crippen LogP contribution in [0.25, 0.3) is 0 Å². The van der Waals surface area contributed by atoms with E-state index in [9.17, 15) is 0 Å². The fourth-order valence-corrected chi connectivity index (χ4v) is 2.83. The third kappa shape index (κ3) is 4.37. The first kappa shape index (κ1) is 14.1. The van der Waals surface area contributed by atoms with E-state index in [-0.39, 0.29) is 6.04 Å². The van der Waals surface area contributed by atoms with Crippen molar-refractivity contribution < 1.29 is 4.74 Å². The summed E-state index contributed by atoms with van der Waals surface area (Å²) in [6.07, 6.45) is 1.13. The highest BCUT2D eigenvalue weighted by molar-refractivity contribution is 7.12. The molecule has 102 valence electrons. The first-order valence-corrected chi connectivity index (χ1v) is 7.59. The Morgan fingerprint density at radius 1 is 1.16 bits per heavy atom. The number of hydrogen-bond donors (Lipinski definition) is 1. The van der Waals surface area contributed by atoms with E-state index in [2.05, 4.69) is 31.3 Å². The Hall–Kier alpha value is -1.32. The molecule has 1 N–H and O–H groups in total. The molecular formula is C16H21NOS. The average molecular weight is 275 g/mol. The molecule has 0 aliphatic carbocycles. The number of aryl methyl sites for hydroxylation is 1. The van der Waals surface area contributed by atoms with Gasteiger partial charge in [0.05, 0.1) is 6.04 Å². The SMILES string of the molecule is CCCNC(COc1ccccc1)c1ccc(C)s1. The number of hydrogen-bond acceptors (Lipinski definition) is 3. The lowest BCUT2D eigenvalue weighted by molar-refractivity contribution is 0.268. The molecule has 0 radical (unpaired) electrons. The van der Waals surface area contributed by atoms with Crippen molar-refractivity contribution in [3.8, 4) is 5.75 Å². The fourth-order valence-electron chi connectivity index (χ4n) is 1.90. The summed E-state index contributed by atoms with van der Waals surface area (Å²) >= 11 is 1.84. The molecule has 2 aromatic rings. The van der Waals surface area contributed by atoms with Crippen LogP contribution in [0.15, 0.2) is 42.5 Å². The van der Waals surface area contributed by atoms with Crippen LogP contribution in [-0.2, 0) is 0 Å². The number of rotatable bonds is 7. The maximum absolute atomic E-state index is 5.87. The van der Waals surface area contributed by atoms with Crippen LogP contribution in [0.1, 0.15) is 29.1 Å². The summed E-state index contributed by atoms with van der Waals surface area (Å²) in [4.78, 5) is 2.69. The van der Waals surface area contributed by atoms with Gasteiger partial charge < -0.3 is 10.1 Å². The molecule has 1 unspecified atom stereocenters. The van der Waals surface area contributed by atoms with Crippen LogP contribution in [0.5, 0.6) is 5.75 Å². The Balaban J connectivity index is 1.98. The van der Waals surface area contributed by atoms with Crippen molar-refractivity contribution in [1.29, 1.82) is 0 Å². The second kappa shape index (κ2) is 7.31. The van der Waals surface area contributed by atoms with Gasteiger partial charge in [-0.05, 0) is 44.2 Å². The minimum atomic E-state index is 0.277. The molecule has 2 rings (SSSR count). The van der Waals surface area contributed by atoms with E-state index >= 15 is 0 Å². The Morgan fingerprint density at radius 2 is 1.95 bits per heavy atom. The Bertz CT molecular complexity index is 481. The van der Waals surface area contributed by atoms with Gasteiger partial charge in [-0.3, -0.25) is 0 Å². The lowest BCUT2D eigenvalue weighted by Crippen LogP contribution is -2.26. The quantitative estimate of drug-likeness (QED) is 0.818. The molecule has 19 heavy (non-hydrogen) atoms. The van der Waals surface area contributed by atoms with Crippen LogP contribution in [0.4, 0.5) is 0 Å². The topological polar surface area (TPSA) is 21.3 Å². The van der Waals surface area contributed by atoms with E-state index in [0.29, 0.717) is 6.61 Å². The highest BCUT2D eigenvalue weighted by atomic mass is 32.1. The molecule has 1 aromatic carbocycles. The second-order valence-corrected chi connectivity index (χ2v) is 5.90. The minimum absolute atomic E-state index is 0.277. The van der Waals surface area contributed by atoms with Gasteiger partial charge in [0.2, 0.25) is 0 Å². The van der Waals surface area contributed by atoms with Crippen molar-refractivity contribution in [3.05, 3.63) is 52.2 Å². The number of para-hydroxylation sites is 1. The van der Waals surface area contributed by atoms with Gasteiger partial charge in [0, 0.05) is 9.75 Å². The standard InChI is InChI=1S/C16H21NOS/c1-3-11-17-15(16-10-9-13(2)19-16)12-18-14-7-5-4-6-8-14/h4-10,15,17H,3,11-12H2,1-2H3. The molecule has 1 atom stereocenters. The Labute approximate surface area is 119 Å². The van der Waals surface area contributed by atoms with E-state index in [1.165, 1.54) is 9.75 Å². The average Bonchev–Trinajstić information content (AvgIpc) is 2.86. The molecule has 0 aliphatic heterocycles. The second-order valence-electron chi connectivity index (χ2n) is 4.58. The molecule has 0 bridgehead atoms. The molecule has 0 spiro atoms. The summed E-state index contributed by atoms with van der Waals surface area (Å²) in [6, 6.07) is 14.6. The normalized spacial score (nSPS) is 12.3. The van der Waals surface area contributed by atoms with Gasteiger partial charge in [-0.25, -0.2) is 0 Å². The van der Waals surface area contributed by atoms with Gasteiger partial charge >= 0.3 is 0 Å². The van der Waals surface area contributed by atoms with E-state index in [0.717, 1.165) is 18.7 Å². The van der Waals surface area contributed by atoms with Crippen LogP contribution >= 0.6 is 11.3 Å². The van der Waals surface area contributed by atoms with E-state index in [1.54, 1.807) is 0 Å². The van der Waals surface area contributed by atoms with Gasteiger partial charge in [0.15, 0.2) is 0 Å². The number of benzene rings is 1. The molecule has 1 aromatic heterocycles. The highest BCUT2D eigenvalue weighted by Gasteiger charge is 2.13. The third-order valence-electron chi connectivity index (χ3n) is 2.91. The number of ether oxygens (including phenoxy) is 1. The van der Waals surface area contributed by atoms with Gasteiger partial charge in [-0.2, -0.15) is 0 Å². The Morgan fingerprint density at radius 3 is 2.58 bits per heavy atom. The molecule has 0 aliphatic rings. The van der Waals surface area contributed by atoms with Crippen molar-refractivity contribution in [3.63, 3.8) is 0 Å². The van der Waals surface area contributed by atoms with Crippen molar-refractivity contribution in [2.24, 2.45) is 0 Å². The molecule has 0 amide bonds. The summed E-state index contributed by atoms with van der Waals surface area (Å²) in [5.41, 5.74) is 0. The lowest BCUT2D eigenvalue weighted by atomic mass is 10.2. The first-order chi connectivity index (χ1) is 9.29. The van der Waals surface area contributed by atoms with Crippen molar-refractivity contribution in [2.75, 3.05) is 13.2 Å². The van der Waals surface area contributed by atoms with Gasteiger partial charge in [0.25, 0.3) is 0 Å². The molecule has 1 heterocycles. The smallest absolute Gasteiger partial charge is 0.119 e. The summed E-state index contributed by atoms with van der Waals surface area (Å²) in [5, 5.41) is 3.55. The summed E-state index contributed by atoms with van der Waals surface area (Å²) < 4.78 is 5.87. The largest absolute Gasteiger partial charge is 0.492 e. The molecule has 0 fully saturated rings. The highest BCUT2D eigenvalue weighted by Crippen LogP contribution is 2.23. The van der Waals surface area contributed by atoms with E-state index in [1.807, 2.05) is 41.7 Å². The molecular weight excluding hydrogens is 254 g/mol. The summed E-state index contributed by atoms with van der Waals surface area (Å²) in [5.74, 6) is 0.930.